The van der Waals surface area contributed by atoms with E-state index in [9.17, 15) is 0 Å². The van der Waals surface area contributed by atoms with Crippen LogP contribution in [0.5, 0.6) is 0 Å². The molecule has 2 heteroatoms. The molecular formula is C16H28N2. The van der Waals surface area contributed by atoms with E-state index in [0.717, 1.165) is 13.0 Å². The lowest BCUT2D eigenvalue weighted by Crippen LogP contribution is -2.33. The van der Waals surface area contributed by atoms with Crippen molar-refractivity contribution in [2.24, 2.45) is 5.73 Å². The summed E-state index contributed by atoms with van der Waals surface area (Å²) in [7, 11) is 0. The molecule has 0 saturated heterocycles. The van der Waals surface area contributed by atoms with Crippen molar-refractivity contribution in [1.29, 1.82) is 0 Å². The Morgan fingerprint density at radius 1 is 1.22 bits per heavy atom. The van der Waals surface area contributed by atoms with Gasteiger partial charge in [-0.15, -0.1) is 0 Å². The molecule has 0 aliphatic rings. The van der Waals surface area contributed by atoms with Gasteiger partial charge in [-0.2, -0.15) is 0 Å². The number of anilines is 1. The third-order valence-electron chi connectivity index (χ3n) is 3.55. The molecule has 1 aromatic carbocycles. The van der Waals surface area contributed by atoms with Gasteiger partial charge in [0, 0.05) is 24.3 Å². The SMILES string of the molecule is CCC(C)N(CC)c1ccc(C)cc1CC(C)N. The third kappa shape index (κ3) is 3.74. The van der Waals surface area contributed by atoms with Crippen LogP contribution in [0.1, 0.15) is 45.2 Å². The minimum atomic E-state index is 0.209. The van der Waals surface area contributed by atoms with Crippen molar-refractivity contribution in [3.63, 3.8) is 0 Å². The number of hydrogen-bond donors (Lipinski definition) is 1. The van der Waals surface area contributed by atoms with Crippen molar-refractivity contribution in [1.82, 2.24) is 0 Å². The molecule has 0 amide bonds. The first-order valence-corrected chi connectivity index (χ1v) is 7.11. The summed E-state index contributed by atoms with van der Waals surface area (Å²) in [5.74, 6) is 0. The molecule has 0 heterocycles. The molecule has 1 rings (SSSR count). The van der Waals surface area contributed by atoms with Crippen LogP contribution in [0.25, 0.3) is 0 Å². The average Bonchev–Trinajstić information content (AvgIpc) is 2.31. The Morgan fingerprint density at radius 2 is 1.89 bits per heavy atom. The zero-order valence-corrected chi connectivity index (χ0v) is 12.5. The molecule has 0 radical (unpaired) electrons. The molecule has 2 nitrogen and oxygen atoms in total. The number of rotatable bonds is 6. The number of benzene rings is 1. The van der Waals surface area contributed by atoms with Gasteiger partial charge in [0.1, 0.15) is 0 Å². The predicted octanol–water partition coefficient (Wildman–Crippen LogP) is 3.51. The summed E-state index contributed by atoms with van der Waals surface area (Å²) in [6.07, 6.45) is 2.11. The molecule has 2 unspecified atom stereocenters. The van der Waals surface area contributed by atoms with E-state index in [2.05, 4.69) is 57.7 Å². The van der Waals surface area contributed by atoms with Crippen LogP contribution in [0.2, 0.25) is 0 Å². The van der Waals surface area contributed by atoms with Crippen molar-refractivity contribution in [2.75, 3.05) is 11.4 Å². The molecule has 0 bridgehead atoms. The van der Waals surface area contributed by atoms with Crippen LogP contribution in [-0.2, 0) is 6.42 Å². The van der Waals surface area contributed by atoms with Crippen molar-refractivity contribution in [3.05, 3.63) is 29.3 Å². The summed E-state index contributed by atoms with van der Waals surface area (Å²) in [6, 6.07) is 7.52. The van der Waals surface area contributed by atoms with Gasteiger partial charge in [0.15, 0.2) is 0 Å². The van der Waals surface area contributed by atoms with Gasteiger partial charge in [0.2, 0.25) is 0 Å². The Kier molecular flexibility index (Phi) is 5.67. The van der Waals surface area contributed by atoms with Crippen LogP contribution < -0.4 is 10.6 Å². The maximum absolute atomic E-state index is 5.98. The summed E-state index contributed by atoms with van der Waals surface area (Å²) in [6.45, 7) is 12.0. The third-order valence-corrected chi connectivity index (χ3v) is 3.55. The first kappa shape index (κ1) is 15.0. The predicted molar refractivity (Wildman–Crippen MR) is 81.3 cm³/mol. The van der Waals surface area contributed by atoms with Crippen molar-refractivity contribution < 1.29 is 0 Å². The lowest BCUT2D eigenvalue weighted by molar-refractivity contribution is 0.624. The number of aryl methyl sites for hydroxylation is 1. The average molecular weight is 248 g/mol. The van der Waals surface area contributed by atoms with E-state index in [4.69, 9.17) is 5.73 Å². The van der Waals surface area contributed by atoms with Gasteiger partial charge in [-0.1, -0.05) is 24.6 Å². The van der Waals surface area contributed by atoms with E-state index in [1.54, 1.807) is 0 Å². The minimum Gasteiger partial charge on any atom is -0.369 e. The van der Waals surface area contributed by atoms with E-state index in [0.29, 0.717) is 6.04 Å². The Balaban J connectivity index is 3.12. The molecule has 0 aliphatic carbocycles. The Morgan fingerprint density at radius 3 is 2.39 bits per heavy atom. The lowest BCUT2D eigenvalue weighted by atomic mass is 10.0. The van der Waals surface area contributed by atoms with Crippen LogP contribution in [0.15, 0.2) is 18.2 Å². The quantitative estimate of drug-likeness (QED) is 0.834. The fourth-order valence-electron chi connectivity index (χ4n) is 2.44. The maximum atomic E-state index is 5.98. The highest BCUT2D eigenvalue weighted by Crippen LogP contribution is 2.25. The fraction of sp³-hybridized carbons (Fsp3) is 0.625. The summed E-state index contributed by atoms with van der Waals surface area (Å²) in [5.41, 5.74) is 10.0. The summed E-state index contributed by atoms with van der Waals surface area (Å²) in [4.78, 5) is 2.48. The highest BCUT2D eigenvalue weighted by molar-refractivity contribution is 5.56. The topological polar surface area (TPSA) is 29.3 Å². The van der Waals surface area contributed by atoms with E-state index >= 15 is 0 Å². The Bertz CT molecular complexity index is 371. The second-order valence-corrected chi connectivity index (χ2v) is 5.36. The first-order chi connectivity index (χ1) is 8.49. The first-order valence-electron chi connectivity index (χ1n) is 7.11. The zero-order valence-electron chi connectivity index (χ0n) is 12.5. The van der Waals surface area contributed by atoms with Crippen LogP contribution in [-0.4, -0.2) is 18.6 Å². The van der Waals surface area contributed by atoms with Gasteiger partial charge in [-0.3, -0.25) is 0 Å². The van der Waals surface area contributed by atoms with Gasteiger partial charge in [0.05, 0.1) is 0 Å². The highest BCUT2D eigenvalue weighted by Gasteiger charge is 2.15. The molecule has 2 N–H and O–H groups in total. The highest BCUT2D eigenvalue weighted by atomic mass is 15.2. The molecule has 1 aromatic rings. The van der Waals surface area contributed by atoms with E-state index in [-0.39, 0.29) is 6.04 Å². The van der Waals surface area contributed by atoms with E-state index < -0.39 is 0 Å². The molecule has 0 aliphatic heterocycles. The van der Waals surface area contributed by atoms with Crippen molar-refractivity contribution in [2.45, 2.75) is 59.5 Å². The van der Waals surface area contributed by atoms with Gasteiger partial charge in [-0.25, -0.2) is 0 Å². The van der Waals surface area contributed by atoms with Crippen LogP contribution >= 0.6 is 0 Å². The molecule has 18 heavy (non-hydrogen) atoms. The molecule has 0 aromatic heterocycles. The van der Waals surface area contributed by atoms with Crippen LogP contribution in [0.4, 0.5) is 5.69 Å². The molecular weight excluding hydrogens is 220 g/mol. The monoisotopic (exact) mass is 248 g/mol. The summed E-state index contributed by atoms with van der Waals surface area (Å²) in [5, 5.41) is 0. The van der Waals surface area contributed by atoms with Crippen LogP contribution in [0.3, 0.4) is 0 Å². The molecule has 0 fully saturated rings. The summed E-state index contributed by atoms with van der Waals surface area (Å²) >= 11 is 0. The molecule has 2 atom stereocenters. The number of hydrogen-bond acceptors (Lipinski definition) is 2. The fourth-order valence-corrected chi connectivity index (χ4v) is 2.44. The van der Waals surface area contributed by atoms with Gasteiger partial charge in [0.25, 0.3) is 0 Å². The largest absolute Gasteiger partial charge is 0.369 e. The zero-order chi connectivity index (χ0) is 13.7. The summed E-state index contributed by atoms with van der Waals surface area (Å²) < 4.78 is 0. The molecule has 0 spiro atoms. The number of nitrogens with zero attached hydrogens (tertiary/aromatic N) is 1. The maximum Gasteiger partial charge on any atom is 0.0401 e. The van der Waals surface area contributed by atoms with Gasteiger partial charge in [-0.05, 0) is 52.2 Å². The normalized spacial score (nSPS) is 14.3. The van der Waals surface area contributed by atoms with Gasteiger partial charge < -0.3 is 10.6 Å². The molecule has 102 valence electrons. The van der Waals surface area contributed by atoms with E-state index in [1.807, 2.05) is 0 Å². The van der Waals surface area contributed by atoms with Crippen molar-refractivity contribution >= 4 is 5.69 Å². The second-order valence-electron chi connectivity index (χ2n) is 5.36. The lowest BCUT2D eigenvalue weighted by Gasteiger charge is -2.32. The standard InChI is InChI=1S/C16H28N2/c1-6-14(5)18(7-2)16-9-8-12(3)10-15(16)11-13(4)17/h8-10,13-14H,6-7,11,17H2,1-5H3. The van der Waals surface area contributed by atoms with E-state index in [1.165, 1.54) is 23.2 Å². The van der Waals surface area contributed by atoms with Crippen LogP contribution in [0, 0.1) is 6.92 Å². The van der Waals surface area contributed by atoms with Crippen molar-refractivity contribution in [3.8, 4) is 0 Å². The number of nitrogens with two attached hydrogens (primary N) is 1. The smallest absolute Gasteiger partial charge is 0.0401 e. The second kappa shape index (κ2) is 6.79. The molecule has 0 saturated carbocycles. The minimum absolute atomic E-state index is 0.209. The Hall–Kier alpha value is -1.02. The Labute approximate surface area is 112 Å². The van der Waals surface area contributed by atoms with Gasteiger partial charge >= 0.3 is 0 Å².